The molecule has 1 fully saturated rings. The Morgan fingerprint density at radius 1 is 1.60 bits per heavy atom. The number of carboxylic acids is 1. The fraction of sp³-hybridized carbons (Fsp3) is 0.909. The lowest BCUT2D eigenvalue weighted by molar-refractivity contribution is -0.148. The van der Waals surface area contributed by atoms with Crippen molar-refractivity contribution in [3.05, 3.63) is 0 Å². The van der Waals surface area contributed by atoms with Crippen molar-refractivity contribution in [2.24, 2.45) is 5.41 Å². The molecule has 15 heavy (non-hydrogen) atoms. The molecule has 0 spiro atoms. The zero-order valence-electron chi connectivity index (χ0n) is 9.92. The van der Waals surface area contributed by atoms with Gasteiger partial charge in [0.2, 0.25) is 0 Å². The maximum Gasteiger partial charge on any atom is 0.310 e. The number of nitrogens with one attached hydrogen (secondary N) is 1. The lowest BCUT2D eigenvalue weighted by atomic mass is 9.93. The first kappa shape index (κ1) is 12.5. The van der Waals surface area contributed by atoms with Crippen LogP contribution in [-0.4, -0.2) is 48.7 Å². The molecule has 0 aliphatic carbocycles. The van der Waals surface area contributed by atoms with Crippen LogP contribution in [0.5, 0.6) is 0 Å². The van der Waals surface area contributed by atoms with Gasteiger partial charge in [0.05, 0.1) is 5.41 Å². The third-order valence-electron chi connectivity index (χ3n) is 3.12. The molecule has 4 heteroatoms. The fourth-order valence-corrected chi connectivity index (χ4v) is 2.15. The van der Waals surface area contributed by atoms with Crippen LogP contribution in [0, 0.1) is 5.41 Å². The summed E-state index contributed by atoms with van der Waals surface area (Å²) in [7, 11) is 1.94. The Morgan fingerprint density at radius 3 is 2.80 bits per heavy atom. The van der Waals surface area contributed by atoms with E-state index in [1.54, 1.807) is 13.8 Å². The highest BCUT2D eigenvalue weighted by Crippen LogP contribution is 2.24. The summed E-state index contributed by atoms with van der Waals surface area (Å²) in [4.78, 5) is 13.3. The highest BCUT2D eigenvalue weighted by atomic mass is 16.4. The van der Waals surface area contributed by atoms with E-state index in [-0.39, 0.29) is 0 Å². The van der Waals surface area contributed by atoms with Gasteiger partial charge in [-0.25, -0.2) is 0 Å². The Bertz CT molecular complexity index is 229. The first-order valence-corrected chi connectivity index (χ1v) is 5.59. The number of carbonyl (C=O) groups is 1. The van der Waals surface area contributed by atoms with Gasteiger partial charge in [-0.3, -0.25) is 9.69 Å². The molecule has 1 aliphatic rings. The molecule has 4 nitrogen and oxygen atoms in total. The molecule has 0 saturated carbocycles. The van der Waals surface area contributed by atoms with Crippen molar-refractivity contribution >= 4 is 5.97 Å². The van der Waals surface area contributed by atoms with E-state index < -0.39 is 11.4 Å². The van der Waals surface area contributed by atoms with Crippen LogP contribution < -0.4 is 5.32 Å². The van der Waals surface area contributed by atoms with Gasteiger partial charge in [-0.15, -0.1) is 0 Å². The summed E-state index contributed by atoms with van der Waals surface area (Å²) in [6, 6.07) is 0.508. The van der Waals surface area contributed by atoms with E-state index in [9.17, 15) is 4.79 Å². The standard InChI is InChI=1S/C11H22N2O2/c1-11(2,10(14)15)8-13-6-4-5-9(13)7-12-3/h9,12H,4-8H2,1-3H3,(H,14,15). The molecule has 0 radical (unpaired) electrons. The first-order chi connectivity index (χ1) is 6.97. The maximum atomic E-state index is 11.0. The molecule has 0 bridgehead atoms. The SMILES string of the molecule is CNCC1CCCN1CC(C)(C)C(=O)O. The van der Waals surface area contributed by atoms with E-state index >= 15 is 0 Å². The van der Waals surface area contributed by atoms with E-state index in [1.807, 2.05) is 7.05 Å². The van der Waals surface area contributed by atoms with E-state index in [0.717, 1.165) is 13.1 Å². The Balaban J connectivity index is 2.53. The van der Waals surface area contributed by atoms with Gasteiger partial charge in [0, 0.05) is 19.1 Å². The van der Waals surface area contributed by atoms with Crippen LogP contribution in [0.25, 0.3) is 0 Å². The average Bonchev–Trinajstić information content (AvgIpc) is 2.52. The van der Waals surface area contributed by atoms with Crippen LogP contribution in [0.15, 0.2) is 0 Å². The number of hydrogen-bond acceptors (Lipinski definition) is 3. The number of likely N-dealkylation sites (N-methyl/N-ethyl adjacent to an activating group) is 1. The molecule has 2 N–H and O–H groups in total. The molecule has 0 amide bonds. The molecule has 1 heterocycles. The van der Waals surface area contributed by atoms with Crippen LogP contribution in [0.4, 0.5) is 0 Å². The van der Waals surface area contributed by atoms with Gasteiger partial charge in [-0.2, -0.15) is 0 Å². The third kappa shape index (κ3) is 3.18. The fourth-order valence-electron chi connectivity index (χ4n) is 2.15. The highest BCUT2D eigenvalue weighted by molar-refractivity contribution is 5.73. The van der Waals surface area contributed by atoms with Crippen molar-refractivity contribution < 1.29 is 9.90 Å². The van der Waals surface area contributed by atoms with E-state index in [0.29, 0.717) is 12.6 Å². The molecule has 1 saturated heterocycles. The molecule has 88 valence electrons. The minimum absolute atomic E-state index is 0.508. The molecular weight excluding hydrogens is 192 g/mol. The summed E-state index contributed by atoms with van der Waals surface area (Å²) in [5.74, 6) is -0.711. The summed E-state index contributed by atoms with van der Waals surface area (Å²) in [5.41, 5.74) is -0.643. The van der Waals surface area contributed by atoms with Gasteiger partial charge in [0.15, 0.2) is 0 Å². The molecule has 1 unspecified atom stereocenters. The second kappa shape index (κ2) is 4.94. The zero-order chi connectivity index (χ0) is 11.5. The zero-order valence-corrected chi connectivity index (χ0v) is 9.92. The minimum atomic E-state index is -0.711. The monoisotopic (exact) mass is 214 g/mol. The van der Waals surface area contributed by atoms with Gasteiger partial charge in [0.1, 0.15) is 0 Å². The molecule has 0 aromatic carbocycles. The van der Waals surface area contributed by atoms with Crippen LogP contribution in [0.3, 0.4) is 0 Å². The molecular formula is C11H22N2O2. The van der Waals surface area contributed by atoms with Gasteiger partial charge in [-0.05, 0) is 40.3 Å². The van der Waals surface area contributed by atoms with Gasteiger partial charge >= 0.3 is 5.97 Å². The van der Waals surface area contributed by atoms with Crippen molar-refractivity contribution in [3.63, 3.8) is 0 Å². The third-order valence-corrected chi connectivity index (χ3v) is 3.12. The molecule has 1 atom stereocenters. The first-order valence-electron chi connectivity index (χ1n) is 5.59. The second-order valence-corrected chi connectivity index (χ2v) is 5.01. The number of hydrogen-bond donors (Lipinski definition) is 2. The van der Waals surface area contributed by atoms with Crippen LogP contribution >= 0.6 is 0 Å². The van der Waals surface area contributed by atoms with Crippen molar-refractivity contribution in [3.8, 4) is 0 Å². The van der Waals surface area contributed by atoms with E-state index in [2.05, 4.69) is 10.2 Å². The lowest BCUT2D eigenvalue weighted by Gasteiger charge is -2.30. The van der Waals surface area contributed by atoms with E-state index in [4.69, 9.17) is 5.11 Å². The minimum Gasteiger partial charge on any atom is -0.481 e. The predicted molar refractivity (Wildman–Crippen MR) is 59.9 cm³/mol. The quantitative estimate of drug-likeness (QED) is 0.710. The van der Waals surface area contributed by atoms with E-state index in [1.165, 1.54) is 12.8 Å². The number of aliphatic carboxylic acids is 1. The van der Waals surface area contributed by atoms with Crippen molar-refractivity contribution in [2.45, 2.75) is 32.7 Å². The topological polar surface area (TPSA) is 52.6 Å². The molecule has 1 aliphatic heterocycles. The summed E-state index contributed by atoms with van der Waals surface area (Å²) >= 11 is 0. The summed E-state index contributed by atoms with van der Waals surface area (Å²) in [5, 5.41) is 12.2. The Morgan fingerprint density at radius 2 is 2.27 bits per heavy atom. The van der Waals surface area contributed by atoms with Gasteiger partial charge < -0.3 is 10.4 Å². The molecule has 0 aromatic rings. The maximum absolute atomic E-state index is 11.0. The Labute approximate surface area is 91.6 Å². The normalized spacial score (nSPS) is 23.3. The Kier molecular flexibility index (Phi) is 4.11. The number of likely N-dealkylation sites (tertiary alicyclic amines) is 1. The Hall–Kier alpha value is -0.610. The summed E-state index contributed by atoms with van der Waals surface area (Å²) in [6.45, 7) is 6.22. The van der Waals surface area contributed by atoms with Crippen molar-refractivity contribution in [1.82, 2.24) is 10.2 Å². The smallest absolute Gasteiger partial charge is 0.310 e. The van der Waals surface area contributed by atoms with Gasteiger partial charge in [-0.1, -0.05) is 0 Å². The van der Waals surface area contributed by atoms with Crippen molar-refractivity contribution in [2.75, 3.05) is 26.7 Å². The predicted octanol–water partition coefficient (Wildman–Crippen LogP) is 0.781. The lowest BCUT2D eigenvalue weighted by Crippen LogP contribution is -2.44. The van der Waals surface area contributed by atoms with Crippen LogP contribution in [-0.2, 0) is 4.79 Å². The van der Waals surface area contributed by atoms with Crippen molar-refractivity contribution in [1.29, 1.82) is 0 Å². The largest absolute Gasteiger partial charge is 0.481 e. The second-order valence-electron chi connectivity index (χ2n) is 5.01. The van der Waals surface area contributed by atoms with Gasteiger partial charge in [0.25, 0.3) is 0 Å². The number of rotatable bonds is 5. The highest BCUT2D eigenvalue weighted by Gasteiger charge is 2.34. The summed E-state index contributed by atoms with van der Waals surface area (Å²) < 4.78 is 0. The van der Waals surface area contributed by atoms with Crippen LogP contribution in [0.1, 0.15) is 26.7 Å². The van der Waals surface area contributed by atoms with Crippen LogP contribution in [0.2, 0.25) is 0 Å². The summed E-state index contributed by atoms with van der Waals surface area (Å²) in [6.07, 6.45) is 2.36. The number of carboxylic acid groups (broad SMARTS) is 1. The molecule has 1 rings (SSSR count). The number of nitrogens with zero attached hydrogens (tertiary/aromatic N) is 1. The average molecular weight is 214 g/mol. The molecule has 0 aromatic heterocycles.